The minimum Gasteiger partial charge on any atom is -0.456 e. The Balaban J connectivity index is 1.45. The molecule has 10 heteroatoms. The van der Waals surface area contributed by atoms with Gasteiger partial charge in [0.05, 0.1) is 31.2 Å². The van der Waals surface area contributed by atoms with Crippen molar-refractivity contribution in [2.24, 2.45) is 0 Å². The lowest BCUT2D eigenvalue weighted by Crippen LogP contribution is -2.44. The Morgan fingerprint density at radius 1 is 0.771 bits per heavy atom. The second-order valence-electron chi connectivity index (χ2n) is 7.64. The van der Waals surface area contributed by atoms with Crippen LogP contribution in [0.4, 0.5) is 0 Å². The first kappa shape index (κ1) is 25.2. The van der Waals surface area contributed by atoms with E-state index in [4.69, 9.17) is 51.1 Å². The molecule has 6 nitrogen and oxygen atoms in total. The number of ketones is 1. The van der Waals surface area contributed by atoms with Crippen molar-refractivity contribution < 1.29 is 23.9 Å². The van der Waals surface area contributed by atoms with Crippen LogP contribution in [-0.2, 0) is 9.53 Å². The molecular weight excluding hydrogens is 536 g/mol. The van der Waals surface area contributed by atoms with E-state index in [2.05, 4.69) is 0 Å². The zero-order chi connectivity index (χ0) is 25.4. The second-order valence-corrected chi connectivity index (χ2v) is 9.15. The van der Waals surface area contributed by atoms with Gasteiger partial charge >= 0.3 is 5.97 Å². The van der Waals surface area contributed by atoms with Crippen molar-refractivity contribution in [1.82, 2.24) is 4.90 Å². The first-order valence-corrected chi connectivity index (χ1v) is 11.7. The van der Waals surface area contributed by atoms with Crippen LogP contribution in [0.25, 0.3) is 11.1 Å². The molecule has 1 aliphatic rings. The molecule has 178 valence electrons. The molecule has 0 bridgehead atoms. The summed E-state index contributed by atoms with van der Waals surface area (Å²) in [5.41, 5.74) is 1.77. The van der Waals surface area contributed by atoms with Crippen molar-refractivity contribution in [3.8, 4) is 11.1 Å². The fourth-order valence-electron chi connectivity index (χ4n) is 3.64. The first-order valence-electron chi connectivity index (χ1n) is 10.2. The van der Waals surface area contributed by atoms with Gasteiger partial charge in [-0.3, -0.25) is 19.3 Å². The Kier molecular flexibility index (Phi) is 7.20. The number of amides is 2. The molecule has 0 N–H and O–H groups in total. The van der Waals surface area contributed by atoms with E-state index in [1.807, 2.05) is 30.3 Å². The summed E-state index contributed by atoms with van der Waals surface area (Å²) in [7, 11) is 0. The van der Waals surface area contributed by atoms with E-state index in [0.29, 0.717) is 10.5 Å². The highest BCUT2D eigenvalue weighted by atomic mass is 35.5. The third kappa shape index (κ3) is 4.55. The van der Waals surface area contributed by atoms with Crippen molar-refractivity contribution in [3.05, 3.63) is 91.4 Å². The highest BCUT2D eigenvalue weighted by Gasteiger charge is 2.45. The highest BCUT2D eigenvalue weighted by molar-refractivity contribution is 6.55. The number of hydrogen-bond acceptors (Lipinski definition) is 5. The van der Waals surface area contributed by atoms with Crippen molar-refractivity contribution in [2.75, 3.05) is 6.61 Å². The average Bonchev–Trinajstić information content (AvgIpc) is 3.14. The third-order valence-electron chi connectivity index (χ3n) is 5.52. The number of Topliss-reactive ketones (excluding diaryl/α,β-unsaturated/α-hetero) is 1. The Bertz CT molecular complexity index is 1330. The number of fused-ring (bicyclic) bond motifs is 1. The van der Waals surface area contributed by atoms with Crippen molar-refractivity contribution in [3.63, 3.8) is 0 Å². The number of esters is 1. The quantitative estimate of drug-likeness (QED) is 0.117. The number of carbonyl (C=O) groups is 4. The molecule has 0 aliphatic carbocycles. The summed E-state index contributed by atoms with van der Waals surface area (Å²) in [6, 6.07) is 15.1. The van der Waals surface area contributed by atoms with Gasteiger partial charge in [0.1, 0.15) is 6.04 Å². The zero-order valence-corrected chi connectivity index (χ0v) is 21.0. The fourth-order valence-corrected chi connectivity index (χ4v) is 4.66. The minimum absolute atomic E-state index is 0.181. The minimum atomic E-state index is -1.36. The molecule has 0 saturated heterocycles. The van der Waals surface area contributed by atoms with Gasteiger partial charge in [-0.1, -0.05) is 101 Å². The zero-order valence-electron chi connectivity index (χ0n) is 18.0. The molecular formula is C25H15Cl4NO5. The lowest BCUT2D eigenvalue weighted by atomic mass is 10.0. The van der Waals surface area contributed by atoms with E-state index in [9.17, 15) is 19.2 Å². The molecule has 0 saturated carbocycles. The van der Waals surface area contributed by atoms with Crippen LogP contribution in [-0.4, -0.2) is 41.1 Å². The van der Waals surface area contributed by atoms with Gasteiger partial charge in [0.15, 0.2) is 12.4 Å². The fraction of sp³-hybridized carbons (Fsp3) is 0.120. The van der Waals surface area contributed by atoms with E-state index < -0.39 is 36.2 Å². The maximum absolute atomic E-state index is 12.9. The number of hydrogen-bond donors (Lipinski definition) is 0. The molecule has 2 amide bonds. The van der Waals surface area contributed by atoms with Gasteiger partial charge in [-0.15, -0.1) is 0 Å². The Hall–Kier alpha value is -2.90. The number of benzene rings is 3. The summed E-state index contributed by atoms with van der Waals surface area (Å²) in [5.74, 6) is -3.15. The van der Waals surface area contributed by atoms with E-state index in [1.54, 1.807) is 24.3 Å². The van der Waals surface area contributed by atoms with E-state index in [1.165, 1.54) is 6.92 Å². The lowest BCUT2D eigenvalue weighted by molar-refractivity contribution is -0.146. The maximum Gasteiger partial charge on any atom is 0.329 e. The molecule has 0 unspecified atom stereocenters. The van der Waals surface area contributed by atoms with E-state index >= 15 is 0 Å². The number of ether oxygens (including phenoxy) is 1. The van der Waals surface area contributed by atoms with Crippen LogP contribution in [0.5, 0.6) is 0 Å². The van der Waals surface area contributed by atoms with Crippen molar-refractivity contribution in [2.45, 2.75) is 13.0 Å². The van der Waals surface area contributed by atoms with Gasteiger partial charge in [-0.25, -0.2) is 4.79 Å². The molecule has 3 aromatic rings. The maximum atomic E-state index is 12.9. The van der Waals surface area contributed by atoms with Gasteiger partial charge in [0.25, 0.3) is 11.8 Å². The van der Waals surface area contributed by atoms with Crippen LogP contribution in [0.2, 0.25) is 20.1 Å². The number of rotatable bonds is 6. The number of halogens is 4. The molecule has 0 radical (unpaired) electrons. The van der Waals surface area contributed by atoms with Gasteiger partial charge in [0.2, 0.25) is 0 Å². The summed E-state index contributed by atoms with van der Waals surface area (Å²) >= 11 is 24.2. The predicted molar refractivity (Wildman–Crippen MR) is 134 cm³/mol. The van der Waals surface area contributed by atoms with Crippen LogP contribution in [0, 0.1) is 0 Å². The molecule has 35 heavy (non-hydrogen) atoms. The van der Waals surface area contributed by atoms with Crippen LogP contribution in [0.1, 0.15) is 38.0 Å². The van der Waals surface area contributed by atoms with Gasteiger partial charge < -0.3 is 4.74 Å². The Morgan fingerprint density at radius 3 is 1.77 bits per heavy atom. The topological polar surface area (TPSA) is 80.8 Å². The van der Waals surface area contributed by atoms with Crippen LogP contribution >= 0.6 is 46.4 Å². The third-order valence-corrected chi connectivity index (χ3v) is 7.32. The van der Waals surface area contributed by atoms with E-state index in [0.717, 1.165) is 11.1 Å². The largest absolute Gasteiger partial charge is 0.456 e. The van der Waals surface area contributed by atoms with Gasteiger partial charge in [-0.05, 0) is 18.1 Å². The second kappa shape index (κ2) is 9.99. The SMILES string of the molecule is C[C@@H](C(=O)OCC(=O)c1ccc(-c2ccccc2)cc1)N1C(=O)c2c(Cl)c(Cl)c(Cl)c(Cl)c2C1=O. The average molecular weight is 551 g/mol. The summed E-state index contributed by atoms with van der Waals surface area (Å²) in [6.07, 6.45) is 0. The number of imide groups is 1. The lowest BCUT2D eigenvalue weighted by Gasteiger charge is -2.20. The highest BCUT2D eigenvalue weighted by Crippen LogP contribution is 2.45. The van der Waals surface area contributed by atoms with Gasteiger partial charge in [-0.2, -0.15) is 0 Å². The first-order chi connectivity index (χ1) is 16.6. The molecule has 4 rings (SSSR count). The molecule has 3 aromatic carbocycles. The number of nitrogens with zero attached hydrogens (tertiary/aromatic N) is 1. The van der Waals surface area contributed by atoms with Gasteiger partial charge in [0, 0.05) is 5.56 Å². The molecule has 0 fully saturated rings. The van der Waals surface area contributed by atoms with Crippen LogP contribution in [0.15, 0.2) is 54.6 Å². The molecule has 1 atom stereocenters. The Morgan fingerprint density at radius 2 is 1.26 bits per heavy atom. The Labute approximate surface area is 220 Å². The van der Waals surface area contributed by atoms with Crippen LogP contribution < -0.4 is 0 Å². The van der Waals surface area contributed by atoms with Crippen LogP contribution in [0.3, 0.4) is 0 Å². The molecule has 1 heterocycles. The summed E-state index contributed by atoms with van der Waals surface area (Å²) in [4.78, 5) is 51.6. The van der Waals surface area contributed by atoms with Crippen molar-refractivity contribution >= 4 is 70.0 Å². The van der Waals surface area contributed by atoms with Crippen molar-refractivity contribution in [1.29, 1.82) is 0 Å². The smallest absolute Gasteiger partial charge is 0.329 e. The standard InChI is InChI=1S/C25H15Cl4NO5/c1-12(30-23(32)17-18(24(30)33)20(27)22(29)21(28)19(17)26)25(34)35-11-16(31)15-9-7-14(8-10-15)13-5-3-2-4-6-13/h2-10,12H,11H2,1H3/t12-/m0/s1. The number of carbonyl (C=O) groups excluding carboxylic acids is 4. The predicted octanol–water partition coefficient (Wildman–Crippen LogP) is 6.38. The molecule has 1 aliphatic heterocycles. The summed E-state index contributed by atoms with van der Waals surface area (Å²) < 4.78 is 5.10. The summed E-state index contributed by atoms with van der Waals surface area (Å²) in [5, 5.41) is -0.850. The molecule has 0 aromatic heterocycles. The summed E-state index contributed by atoms with van der Waals surface area (Å²) in [6.45, 7) is 0.713. The molecule has 0 spiro atoms. The monoisotopic (exact) mass is 549 g/mol. The normalized spacial score (nSPS) is 13.6. The van der Waals surface area contributed by atoms with E-state index in [-0.39, 0.29) is 31.2 Å².